The van der Waals surface area contributed by atoms with Crippen molar-refractivity contribution in [3.8, 4) is 5.75 Å². The molecule has 0 heterocycles. The highest BCUT2D eigenvalue weighted by Crippen LogP contribution is 2.30. The maximum atomic E-state index is 12.8. The van der Waals surface area contributed by atoms with Crippen molar-refractivity contribution < 1.29 is 17.9 Å². The molecule has 0 saturated heterocycles. The van der Waals surface area contributed by atoms with Gasteiger partial charge in [-0.3, -0.25) is 4.79 Å². The molecule has 7 nitrogen and oxygen atoms in total. The van der Waals surface area contributed by atoms with Gasteiger partial charge in [-0.1, -0.05) is 25.4 Å². The number of benzene rings is 1. The summed E-state index contributed by atoms with van der Waals surface area (Å²) in [6.07, 6.45) is 0. The number of primary amides is 1. The molecule has 1 amide bonds. The van der Waals surface area contributed by atoms with Gasteiger partial charge in [0.2, 0.25) is 10.0 Å². The highest BCUT2D eigenvalue weighted by Gasteiger charge is 2.30. The summed E-state index contributed by atoms with van der Waals surface area (Å²) in [6, 6.07) is 4.14. The van der Waals surface area contributed by atoms with Gasteiger partial charge in [-0.05, 0) is 30.2 Å². The minimum Gasteiger partial charge on any atom is -0.482 e. The summed E-state index contributed by atoms with van der Waals surface area (Å²) in [5.74, 6) is -0.688. The van der Waals surface area contributed by atoms with Gasteiger partial charge >= 0.3 is 0 Å². The Kier molecular flexibility index (Phi) is 8.47. The number of hydrogen-bond donors (Lipinski definition) is 2. The number of amides is 1. The maximum Gasteiger partial charge on any atom is 0.255 e. The van der Waals surface area contributed by atoms with E-state index >= 15 is 0 Å². The molecular weight excluding hydrogens is 377 g/mol. The molecular formula is C14H23Cl2N3O4S. The van der Waals surface area contributed by atoms with E-state index in [1.165, 1.54) is 29.6 Å². The van der Waals surface area contributed by atoms with Gasteiger partial charge in [0.1, 0.15) is 10.6 Å². The predicted octanol–water partition coefficient (Wildman–Crippen LogP) is 1.23. The molecule has 0 bridgehead atoms. The lowest BCUT2D eigenvalue weighted by Gasteiger charge is -2.28. The molecule has 0 atom stereocenters. The van der Waals surface area contributed by atoms with Gasteiger partial charge in [0.05, 0.1) is 0 Å². The number of hydrogen-bond acceptors (Lipinski definition) is 5. The SMILES string of the molecule is CN(CC(C)(C)CN)S(=O)(=O)c1cc(Cl)ccc1OCC(N)=O.Cl. The largest absolute Gasteiger partial charge is 0.482 e. The van der Waals surface area contributed by atoms with Gasteiger partial charge in [0, 0.05) is 18.6 Å². The molecule has 0 aliphatic carbocycles. The topological polar surface area (TPSA) is 116 Å². The minimum absolute atomic E-state index is 0. The first kappa shape index (κ1) is 22.9. The van der Waals surface area contributed by atoms with Crippen molar-refractivity contribution in [3.63, 3.8) is 0 Å². The second kappa shape index (κ2) is 8.87. The van der Waals surface area contributed by atoms with Crippen LogP contribution in [0.5, 0.6) is 5.75 Å². The van der Waals surface area contributed by atoms with Gasteiger partial charge in [0.25, 0.3) is 5.91 Å². The molecule has 0 aliphatic rings. The van der Waals surface area contributed by atoms with Crippen molar-refractivity contribution in [2.45, 2.75) is 18.7 Å². The third-order valence-corrected chi connectivity index (χ3v) is 5.23. The van der Waals surface area contributed by atoms with Crippen LogP contribution in [0.1, 0.15) is 13.8 Å². The number of carbonyl (C=O) groups excluding carboxylic acids is 1. The Hall–Kier alpha value is -1.06. The van der Waals surface area contributed by atoms with Crippen molar-refractivity contribution in [1.29, 1.82) is 0 Å². The number of nitrogens with zero attached hydrogens (tertiary/aromatic N) is 1. The fourth-order valence-corrected chi connectivity index (χ4v) is 3.62. The number of halogens is 2. The molecule has 0 spiro atoms. The monoisotopic (exact) mass is 399 g/mol. The first-order valence-electron chi connectivity index (χ1n) is 6.86. The van der Waals surface area contributed by atoms with Gasteiger partial charge in [-0.25, -0.2) is 12.7 Å². The van der Waals surface area contributed by atoms with E-state index in [0.717, 1.165) is 0 Å². The third kappa shape index (κ3) is 6.10. The molecule has 4 N–H and O–H groups in total. The highest BCUT2D eigenvalue weighted by molar-refractivity contribution is 7.89. The number of rotatable bonds is 8. The van der Waals surface area contributed by atoms with Gasteiger partial charge in [-0.2, -0.15) is 0 Å². The highest BCUT2D eigenvalue weighted by atomic mass is 35.5. The normalized spacial score (nSPS) is 11.9. The Morgan fingerprint density at radius 1 is 1.38 bits per heavy atom. The summed E-state index contributed by atoms with van der Waals surface area (Å²) in [7, 11) is -2.42. The smallest absolute Gasteiger partial charge is 0.255 e. The molecule has 0 unspecified atom stereocenters. The second-order valence-electron chi connectivity index (χ2n) is 5.98. The summed E-state index contributed by atoms with van der Waals surface area (Å²) in [4.78, 5) is 10.7. The van der Waals surface area contributed by atoms with E-state index in [2.05, 4.69) is 0 Å². The lowest BCUT2D eigenvalue weighted by Crippen LogP contribution is -2.39. The average Bonchev–Trinajstić information content (AvgIpc) is 2.45. The molecule has 0 aliphatic heterocycles. The van der Waals surface area contributed by atoms with Crippen LogP contribution in [0.25, 0.3) is 0 Å². The summed E-state index contributed by atoms with van der Waals surface area (Å²) >= 11 is 5.90. The van der Waals surface area contributed by atoms with Crippen molar-refractivity contribution in [1.82, 2.24) is 4.31 Å². The first-order chi connectivity index (χ1) is 10.5. The van der Waals surface area contributed by atoms with E-state index < -0.39 is 28.0 Å². The molecule has 0 fully saturated rings. The fraction of sp³-hybridized carbons (Fsp3) is 0.500. The Bertz CT molecular complexity index is 681. The summed E-state index contributed by atoms with van der Waals surface area (Å²) in [6.45, 7) is 3.84. The lowest BCUT2D eigenvalue weighted by atomic mass is 9.94. The molecule has 0 saturated carbocycles. The number of nitrogens with two attached hydrogens (primary N) is 2. The average molecular weight is 400 g/mol. The van der Waals surface area contributed by atoms with Crippen LogP contribution >= 0.6 is 24.0 Å². The van der Waals surface area contributed by atoms with E-state index in [9.17, 15) is 13.2 Å². The van der Waals surface area contributed by atoms with E-state index in [1.54, 1.807) is 0 Å². The third-order valence-electron chi connectivity index (χ3n) is 3.17. The lowest BCUT2D eigenvalue weighted by molar-refractivity contribution is -0.120. The van der Waals surface area contributed by atoms with Gasteiger partial charge in [-0.15, -0.1) is 12.4 Å². The quantitative estimate of drug-likeness (QED) is 0.681. The van der Waals surface area contributed by atoms with Crippen LogP contribution in [-0.2, 0) is 14.8 Å². The molecule has 24 heavy (non-hydrogen) atoms. The van der Waals surface area contributed by atoms with E-state index in [-0.39, 0.29) is 34.6 Å². The summed E-state index contributed by atoms with van der Waals surface area (Å²) in [5, 5.41) is 0.237. The number of ether oxygens (including phenoxy) is 1. The standard InChI is InChI=1S/C14H22ClN3O4S.ClH/c1-14(2,8-16)9-18(3)23(20,21)12-6-10(15)4-5-11(12)22-7-13(17)19;/h4-6H,7-9,16H2,1-3H3,(H2,17,19);1H. The van der Waals surface area contributed by atoms with Crippen LogP contribution in [0.3, 0.4) is 0 Å². The second-order valence-corrected chi connectivity index (χ2v) is 8.43. The predicted molar refractivity (Wildman–Crippen MR) is 96.0 cm³/mol. The van der Waals surface area contributed by atoms with Crippen LogP contribution in [0.15, 0.2) is 23.1 Å². The van der Waals surface area contributed by atoms with Crippen molar-refractivity contribution in [2.24, 2.45) is 16.9 Å². The molecule has 0 radical (unpaired) electrons. The number of sulfonamides is 1. The molecule has 0 aromatic heterocycles. The molecule has 138 valence electrons. The van der Waals surface area contributed by atoms with Crippen molar-refractivity contribution >= 4 is 39.9 Å². The molecule has 1 aromatic rings. The van der Waals surface area contributed by atoms with E-state index in [4.69, 9.17) is 27.8 Å². The van der Waals surface area contributed by atoms with Crippen LogP contribution in [-0.4, -0.2) is 45.4 Å². The van der Waals surface area contributed by atoms with Gasteiger partial charge < -0.3 is 16.2 Å². The molecule has 10 heteroatoms. The Morgan fingerprint density at radius 2 is 1.96 bits per heavy atom. The summed E-state index contributed by atoms with van der Waals surface area (Å²) < 4.78 is 31.9. The van der Waals surface area contributed by atoms with Crippen molar-refractivity contribution in [2.75, 3.05) is 26.7 Å². The van der Waals surface area contributed by atoms with Crippen LogP contribution < -0.4 is 16.2 Å². The zero-order valence-electron chi connectivity index (χ0n) is 13.8. The fourth-order valence-electron chi connectivity index (χ4n) is 1.87. The van der Waals surface area contributed by atoms with Crippen LogP contribution in [0.4, 0.5) is 0 Å². The summed E-state index contributed by atoms with van der Waals surface area (Å²) in [5.41, 5.74) is 10.3. The van der Waals surface area contributed by atoms with E-state index in [1.807, 2.05) is 13.8 Å². The van der Waals surface area contributed by atoms with Crippen LogP contribution in [0, 0.1) is 5.41 Å². The molecule has 1 aromatic carbocycles. The molecule has 1 rings (SSSR count). The van der Waals surface area contributed by atoms with Crippen molar-refractivity contribution in [3.05, 3.63) is 23.2 Å². The Morgan fingerprint density at radius 3 is 2.46 bits per heavy atom. The van der Waals surface area contributed by atoms with Gasteiger partial charge in [0.15, 0.2) is 6.61 Å². The van der Waals surface area contributed by atoms with Crippen LogP contribution in [0.2, 0.25) is 5.02 Å². The zero-order chi connectivity index (χ0) is 17.8. The minimum atomic E-state index is -3.87. The number of carbonyl (C=O) groups is 1. The zero-order valence-corrected chi connectivity index (χ0v) is 16.2. The maximum absolute atomic E-state index is 12.8. The van der Waals surface area contributed by atoms with E-state index in [0.29, 0.717) is 6.54 Å². The Balaban J connectivity index is 0.00000529. The Labute approximate surface area is 153 Å². The first-order valence-corrected chi connectivity index (χ1v) is 8.68.